The minimum atomic E-state index is -0.868. The normalized spacial score (nSPS) is 17.1. The Balaban J connectivity index is 2.48. The Kier molecular flexibility index (Phi) is 2.42. The summed E-state index contributed by atoms with van der Waals surface area (Å²) in [5.41, 5.74) is 3.23. The molecule has 1 aromatic carbocycles. The summed E-state index contributed by atoms with van der Waals surface area (Å²) in [7, 11) is 0. The zero-order valence-electron chi connectivity index (χ0n) is 7.46. The topological polar surface area (TPSA) is 37.3 Å². The smallest absolute Gasteiger partial charge is 0.328 e. The van der Waals surface area contributed by atoms with Crippen molar-refractivity contribution < 1.29 is 9.90 Å². The number of carboxylic acids is 1. The molecule has 0 atom stereocenters. The van der Waals surface area contributed by atoms with E-state index < -0.39 is 5.97 Å². The number of hydrogen-bond donors (Lipinski definition) is 1. The van der Waals surface area contributed by atoms with Crippen LogP contribution in [0.15, 0.2) is 28.7 Å². The van der Waals surface area contributed by atoms with Crippen molar-refractivity contribution in [3.63, 3.8) is 0 Å². The van der Waals surface area contributed by atoms with Gasteiger partial charge in [0.2, 0.25) is 0 Å². The van der Waals surface area contributed by atoms with Crippen molar-refractivity contribution >= 4 is 27.5 Å². The number of aryl methyl sites for hydroxylation is 1. The maximum Gasteiger partial charge on any atom is 0.328 e. The molecule has 0 saturated heterocycles. The van der Waals surface area contributed by atoms with Gasteiger partial charge in [0.25, 0.3) is 0 Å². The second-order valence-electron chi connectivity index (χ2n) is 3.31. The highest BCUT2D eigenvalue weighted by Gasteiger charge is 2.16. The van der Waals surface area contributed by atoms with Crippen molar-refractivity contribution in [2.45, 2.75) is 12.8 Å². The van der Waals surface area contributed by atoms with Crippen molar-refractivity contribution in [1.29, 1.82) is 0 Å². The molecular weight excluding hydrogens is 244 g/mol. The van der Waals surface area contributed by atoms with Crippen LogP contribution in [-0.2, 0) is 11.2 Å². The first-order valence-electron chi connectivity index (χ1n) is 4.39. The van der Waals surface area contributed by atoms with E-state index in [0.29, 0.717) is 0 Å². The van der Waals surface area contributed by atoms with Crippen LogP contribution in [0, 0.1) is 0 Å². The number of halogens is 1. The summed E-state index contributed by atoms with van der Waals surface area (Å²) in [4.78, 5) is 10.6. The van der Waals surface area contributed by atoms with Gasteiger partial charge in [-0.1, -0.05) is 22.0 Å². The molecule has 0 bridgehead atoms. The highest BCUT2D eigenvalue weighted by Crippen LogP contribution is 2.33. The second kappa shape index (κ2) is 3.58. The van der Waals surface area contributed by atoms with E-state index >= 15 is 0 Å². The summed E-state index contributed by atoms with van der Waals surface area (Å²) in [6, 6.07) is 6.02. The fraction of sp³-hybridized carbons (Fsp3) is 0.182. The maximum atomic E-state index is 10.6. The number of rotatable bonds is 1. The molecule has 0 aromatic heterocycles. The lowest BCUT2D eigenvalue weighted by molar-refractivity contribution is -0.131. The van der Waals surface area contributed by atoms with Gasteiger partial charge in [0.15, 0.2) is 0 Å². The van der Waals surface area contributed by atoms with Crippen LogP contribution >= 0.6 is 15.9 Å². The second-order valence-corrected chi connectivity index (χ2v) is 4.22. The molecule has 0 fully saturated rings. The lowest BCUT2D eigenvalue weighted by Gasteiger charge is -2.00. The first-order chi connectivity index (χ1) is 6.66. The molecule has 0 heterocycles. The van der Waals surface area contributed by atoms with E-state index in [4.69, 9.17) is 5.11 Å². The SMILES string of the molecule is O=C(O)/C=C1/CCc2ccc(Br)cc21. The fourth-order valence-electron chi connectivity index (χ4n) is 1.77. The van der Waals surface area contributed by atoms with Gasteiger partial charge in [-0.15, -0.1) is 0 Å². The van der Waals surface area contributed by atoms with Crippen LogP contribution in [0.3, 0.4) is 0 Å². The van der Waals surface area contributed by atoms with Gasteiger partial charge in [0, 0.05) is 10.5 Å². The third-order valence-electron chi connectivity index (χ3n) is 2.38. The number of hydrogen-bond acceptors (Lipinski definition) is 1. The Morgan fingerprint density at radius 3 is 2.93 bits per heavy atom. The molecule has 0 amide bonds. The predicted octanol–water partition coefficient (Wildman–Crippen LogP) is 2.86. The molecule has 0 aliphatic heterocycles. The largest absolute Gasteiger partial charge is 0.478 e. The number of carboxylic acid groups (broad SMARTS) is 1. The average Bonchev–Trinajstić information content (AvgIpc) is 2.47. The molecule has 0 spiro atoms. The summed E-state index contributed by atoms with van der Waals surface area (Å²) < 4.78 is 0.995. The van der Waals surface area contributed by atoms with Crippen LogP contribution in [-0.4, -0.2) is 11.1 Å². The van der Waals surface area contributed by atoms with Gasteiger partial charge in [-0.05, 0) is 41.7 Å². The van der Waals surface area contributed by atoms with Gasteiger partial charge in [0.1, 0.15) is 0 Å². The number of allylic oxidation sites excluding steroid dienone is 1. The van der Waals surface area contributed by atoms with Crippen LogP contribution in [0.2, 0.25) is 0 Å². The van der Waals surface area contributed by atoms with Crippen molar-refractivity contribution in [3.05, 3.63) is 39.9 Å². The molecule has 72 valence electrons. The lowest BCUT2D eigenvalue weighted by atomic mass is 10.1. The Hall–Kier alpha value is -1.09. The number of aliphatic carboxylic acids is 1. The van der Waals surface area contributed by atoms with Gasteiger partial charge in [0.05, 0.1) is 0 Å². The van der Waals surface area contributed by atoms with E-state index in [0.717, 1.165) is 28.5 Å². The van der Waals surface area contributed by atoms with Gasteiger partial charge >= 0.3 is 5.97 Å². The quantitative estimate of drug-likeness (QED) is 0.781. The Morgan fingerprint density at radius 1 is 1.43 bits per heavy atom. The molecule has 0 unspecified atom stereocenters. The standard InChI is InChI=1S/C11H9BrO2/c12-9-4-3-7-1-2-8(5-11(13)14)10(7)6-9/h3-6H,1-2H2,(H,13,14)/b8-5-. The third-order valence-corrected chi connectivity index (χ3v) is 2.87. The van der Waals surface area contributed by atoms with Crippen LogP contribution in [0.25, 0.3) is 5.57 Å². The molecule has 0 radical (unpaired) electrons. The van der Waals surface area contributed by atoms with Crippen molar-refractivity contribution in [3.8, 4) is 0 Å². The van der Waals surface area contributed by atoms with E-state index in [2.05, 4.69) is 15.9 Å². The van der Waals surface area contributed by atoms with Crippen LogP contribution in [0.4, 0.5) is 0 Å². The molecular formula is C11H9BrO2. The molecule has 2 rings (SSSR count). The first kappa shape index (κ1) is 9.46. The molecule has 3 heteroatoms. The Morgan fingerprint density at radius 2 is 2.21 bits per heavy atom. The number of fused-ring (bicyclic) bond motifs is 1. The molecule has 1 aliphatic rings. The molecule has 1 N–H and O–H groups in total. The van der Waals surface area contributed by atoms with Crippen LogP contribution in [0.5, 0.6) is 0 Å². The summed E-state index contributed by atoms with van der Waals surface area (Å²) >= 11 is 3.38. The zero-order chi connectivity index (χ0) is 10.1. The van der Waals surface area contributed by atoms with E-state index in [9.17, 15) is 4.79 Å². The van der Waals surface area contributed by atoms with Gasteiger partial charge in [-0.25, -0.2) is 4.79 Å². The minimum absolute atomic E-state index is 0.831. The van der Waals surface area contributed by atoms with Crippen molar-refractivity contribution in [2.24, 2.45) is 0 Å². The fourth-order valence-corrected chi connectivity index (χ4v) is 2.13. The molecule has 14 heavy (non-hydrogen) atoms. The third kappa shape index (κ3) is 1.73. The zero-order valence-corrected chi connectivity index (χ0v) is 9.04. The molecule has 1 aromatic rings. The monoisotopic (exact) mass is 252 g/mol. The Bertz CT molecular complexity index is 421. The number of carbonyl (C=O) groups is 1. The molecule has 0 saturated carbocycles. The van der Waals surface area contributed by atoms with E-state index in [1.54, 1.807) is 0 Å². The average molecular weight is 253 g/mol. The van der Waals surface area contributed by atoms with E-state index in [1.165, 1.54) is 11.6 Å². The first-order valence-corrected chi connectivity index (χ1v) is 5.18. The highest BCUT2D eigenvalue weighted by atomic mass is 79.9. The van der Waals surface area contributed by atoms with Crippen LogP contribution in [0.1, 0.15) is 17.5 Å². The van der Waals surface area contributed by atoms with Crippen LogP contribution < -0.4 is 0 Å². The van der Waals surface area contributed by atoms with E-state index in [1.807, 2.05) is 18.2 Å². The summed E-state index contributed by atoms with van der Waals surface area (Å²) in [6.07, 6.45) is 3.08. The summed E-state index contributed by atoms with van der Waals surface area (Å²) in [5.74, 6) is -0.868. The maximum absolute atomic E-state index is 10.6. The summed E-state index contributed by atoms with van der Waals surface area (Å²) in [5, 5.41) is 8.68. The van der Waals surface area contributed by atoms with Gasteiger partial charge < -0.3 is 5.11 Å². The van der Waals surface area contributed by atoms with E-state index in [-0.39, 0.29) is 0 Å². The predicted molar refractivity (Wildman–Crippen MR) is 58.1 cm³/mol. The minimum Gasteiger partial charge on any atom is -0.478 e. The Labute approximate surface area is 90.4 Å². The molecule has 1 aliphatic carbocycles. The molecule has 2 nitrogen and oxygen atoms in total. The van der Waals surface area contributed by atoms with Crippen molar-refractivity contribution in [2.75, 3.05) is 0 Å². The van der Waals surface area contributed by atoms with Gasteiger partial charge in [-0.2, -0.15) is 0 Å². The van der Waals surface area contributed by atoms with Gasteiger partial charge in [-0.3, -0.25) is 0 Å². The summed E-state index contributed by atoms with van der Waals surface area (Å²) in [6.45, 7) is 0. The number of benzene rings is 1. The highest BCUT2D eigenvalue weighted by molar-refractivity contribution is 9.10. The lowest BCUT2D eigenvalue weighted by Crippen LogP contribution is -1.89. The van der Waals surface area contributed by atoms with Crippen molar-refractivity contribution in [1.82, 2.24) is 0 Å².